The molecule has 0 unspecified atom stereocenters. The number of nitrogens with zero attached hydrogens (tertiary/aromatic N) is 1. The van der Waals surface area contributed by atoms with E-state index in [0.29, 0.717) is 39.3 Å². The highest BCUT2D eigenvalue weighted by Crippen LogP contribution is 2.25. The van der Waals surface area contributed by atoms with Crippen LogP contribution in [0.5, 0.6) is 5.75 Å². The maximum Gasteiger partial charge on any atom is 0.261 e. The average Bonchev–Trinajstić information content (AvgIpc) is 2.87. The first-order chi connectivity index (χ1) is 17.3. The Kier molecular flexibility index (Phi) is 10.5. The van der Waals surface area contributed by atoms with Crippen LogP contribution < -0.4 is 10.1 Å². The standard InChI is InChI=1S/C28H29Cl3N2O3/c1-3-13-32-28(35)26(15-20-7-5-4-6-8-20)33(17-21-9-10-22(29)16-25(21)31)27(34)18-36-23-11-12-24(30)19(2)14-23/h4-12,14,16,26H,3,13,15,17-18H2,1-2H3,(H,32,35)/t26-/m0/s1. The van der Waals surface area contributed by atoms with Gasteiger partial charge in [-0.25, -0.2) is 0 Å². The van der Waals surface area contributed by atoms with Gasteiger partial charge in [-0.3, -0.25) is 9.59 Å². The number of nitrogens with one attached hydrogen (secondary N) is 1. The summed E-state index contributed by atoms with van der Waals surface area (Å²) in [5, 5.41) is 4.47. The fraction of sp³-hybridized carbons (Fsp3) is 0.286. The lowest BCUT2D eigenvalue weighted by Gasteiger charge is -2.31. The summed E-state index contributed by atoms with van der Waals surface area (Å²) >= 11 is 18.6. The lowest BCUT2D eigenvalue weighted by Crippen LogP contribution is -2.51. The molecule has 36 heavy (non-hydrogen) atoms. The second kappa shape index (κ2) is 13.5. The van der Waals surface area contributed by atoms with Gasteiger partial charge in [0.1, 0.15) is 11.8 Å². The Morgan fingerprint density at radius 3 is 2.39 bits per heavy atom. The molecule has 2 amide bonds. The van der Waals surface area contributed by atoms with Crippen molar-refractivity contribution in [3.8, 4) is 5.75 Å². The van der Waals surface area contributed by atoms with E-state index in [0.717, 1.165) is 17.5 Å². The number of ether oxygens (including phenoxy) is 1. The number of carbonyl (C=O) groups is 2. The van der Waals surface area contributed by atoms with Crippen molar-refractivity contribution in [3.05, 3.63) is 98.5 Å². The molecule has 0 fully saturated rings. The van der Waals surface area contributed by atoms with E-state index in [-0.39, 0.29) is 25.0 Å². The fourth-order valence-corrected chi connectivity index (χ4v) is 4.27. The van der Waals surface area contributed by atoms with E-state index in [1.807, 2.05) is 44.2 Å². The summed E-state index contributed by atoms with van der Waals surface area (Å²) in [6.45, 7) is 4.21. The fourth-order valence-electron chi connectivity index (χ4n) is 3.69. The summed E-state index contributed by atoms with van der Waals surface area (Å²) in [5.74, 6) is -0.0626. The van der Waals surface area contributed by atoms with Gasteiger partial charge in [-0.05, 0) is 60.4 Å². The molecule has 0 aliphatic carbocycles. The number of hydrogen-bond donors (Lipinski definition) is 1. The topological polar surface area (TPSA) is 58.6 Å². The lowest BCUT2D eigenvalue weighted by molar-refractivity contribution is -0.142. The number of carbonyl (C=O) groups excluding carboxylic acids is 2. The molecule has 0 heterocycles. The number of benzene rings is 3. The maximum atomic E-state index is 13.6. The molecular formula is C28H29Cl3N2O3. The Labute approximate surface area is 227 Å². The SMILES string of the molecule is CCCNC(=O)[C@H](Cc1ccccc1)N(Cc1ccc(Cl)cc1Cl)C(=O)COc1ccc(Cl)c(C)c1. The molecule has 190 valence electrons. The zero-order valence-electron chi connectivity index (χ0n) is 20.3. The van der Waals surface area contributed by atoms with Crippen LogP contribution in [-0.4, -0.2) is 35.9 Å². The van der Waals surface area contributed by atoms with E-state index >= 15 is 0 Å². The third-order valence-corrected chi connectivity index (χ3v) is 6.68. The van der Waals surface area contributed by atoms with Crippen molar-refractivity contribution in [2.45, 2.75) is 39.3 Å². The second-order valence-corrected chi connectivity index (χ2v) is 9.70. The summed E-state index contributed by atoms with van der Waals surface area (Å²) < 4.78 is 5.80. The lowest BCUT2D eigenvalue weighted by atomic mass is 10.0. The quantitative estimate of drug-likeness (QED) is 0.298. The average molecular weight is 548 g/mol. The van der Waals surface area contributed by atoms with E-state index in [2.05, 4.69) is 5.32 Å². The van der Waals surface area contributed by atoms with Gasteiger partial charge in [0.05, 0.1) is 0 Å². The van der Waals surface area contributed by atoms with Gasteiger partial charge < -0.3 is 15.0 Å². The van der Waals surface area contributed by atoms with Gasteiger partial charge in [-0.1, -0.05) is 78.1 Å². The van der Waals surface area contributed by atoms with E-state index in [9.17, 15) is 9.59 Å². The monoisotopic (exact) mass is 546 g/mol. The van der Waals surface area contributed by atoms with Crippen LogP contribution in [0.1, 0.15) is 30.0 Å². The van der Waals surface area contributed by atoms with Crippen molar-refractivity contribution in [1.82, 2.24) is 10.2 Å². The smallest absolute Gasteiger partial charge is 0.261 e. The van der Waals surface area contributed by atoms with Gasteiger partial charge in [-0.15, -0.1) is 0 Å². The minimum Gasteiger partial charge on any atom is -0.484 e. The Hall–Kier alpha value is -2.73. The molecule has 0 aliphatic rings. The van der Waals surface area contributed by atoms with Crippen LogP contribution in [-0.2, 0) is 22.6 Å². The largest absolute Gasteiger partial charge is 0.484 e. The minimum atomic E-state index is -0.770. The second-order valence-electron chi connectivity index (χ2n) is 8.45. The summed E-state index contributed by atoms with van der Waals surface area (Å²) in [4.78, 5) is 28.4. The highest BCUT2D eigenvalue weighted by molar-refractivity contribution is 6.35. The molecule has 0 aliphatic heterocycles. The van der Waals surface area contributed by atoms with E-state index < -0.39 is 6.04 Å². The first-order valence-electron chi connectivity index (χ1n) is 11.7. The Morgan fingerprint density at radius 2 is 1.72 bits per heavy atom. The molecule has 3 rings (SSSR count). The molecule has 1 N–H and O–H groups in total. The molecule has 0 saturated carbocycles. The van der Waals surface area contributed by atoms with E-state index in [1.165, 1.54) is 4.90 Å². The summed E-state index contributed by atoms with van der Waals surface area (Å²) in [7, 11) is 0. The van der Waals surface area contributed by atoms with Crippen LogP contribution in [0.4, 0.5) is 0 Å². The van der Waals surface area contributed by atoms with Gasteiger partial charge in [0.25, 0.3) is 5.91 Å². The molecule has 0 saturated heterocycles. The molecule has 0 aromatic heterocycles. The highest BCUT2D eigenvalue weighted by Gasteiger charge is 2.31. The minimum absolute atomic E-state index is 0.120. The number of rotatable bonds is 11. The molecule has 5 nitrogen and oxygen atoms in total. The van der Waals surface area contributed by atoms with Crippen molar-refractivity contribution in [2.24, 2.45) is 0 Å². The summed E-state index contributed by atoms with van der Waals surface area (Å²) in [6.07, 6.45) is 1.12. The zero-order chi connectivity index (χ0) is 26.1. The van der Waals surface area contributed by atoms with Crippen LogP contribution in [0.2, 0.25) is 15.1 Å². The summed E-state index contributed by atoms with van der Waals surface area (Å²) in [5.41, 5.74) is 2.45. The number of amides is 2. The maximum absolute atomic E-state index is 13.6. The van der Waals surface area contributed by atoms with Crippen molar-refractivity contribution in [2.75, 3.05) is 13.2 Å². The van der Waals surface area contributed by atoms with Gasteiger partial charge in [0.2, 0.25) is 5.91 Å². The zero-order valence-corrected chi connectivity index (χ0v) is 22.5. The summed E-state index contributed by atoms with van der Waals surface area (Å²) in [6, 6.07) is 19.1. The van der Waals surface area contributed by atoms with E-state index in [1.54, 1.807) is 36.4 Å². The van der Waals surface area contributed by atoms with E-state index in [4.69, 9.17) is 39.5 Å². The Morgan fingerprint density at radius 1 is 0.972 bits per heavy atom. The first-order valence-corrected chi connectivity index (χ1v) is 12.9. The number of halogens is 3. The van der Waals surface area contributed by atoms with Crippen LogP contribution in [0.15, 0.2) is 66.7 Å². The van der Waals surface area contributed by atoms with Crippen molar-refractivity contribution in [3.63, 3.8) is 0 Å². The van der Waals surface area contributed by atoms with Crippen LogP contribution in [0.3, 0.4) is 0 Å². The Balaban J connectivity index is 1.92. The van der Waals surface area contributed by atoms with Crippen LogP contribution in [0, 0.1) is 6.92 Å². The van der Waals surface area contributed by atoms with Gasteiger partial charge in [0.15, 0.2) is 6.61 Å². The molecular weight excluding hydrogens is 519 g/mol. The predicted octanol–water partition coefficient (Wildman–Crippen LogP) is 6.50. The molecule has 0 bridgehead atoms. The third-order valence-electron chi connectivity index (χ3n) is 5.67. The highest BCUT2D eigenvalue weighted by atomic mass is 35.5. The van der Waals surface area contributed by atoms with Gasteiger partial charge in [0, 0.05) is 34.6 Å². The molecule has 1 atom stereocenters. The molecule has 8 heteroatoms. The number of hydrogen-bond acceptors (Lipinski definition) is 3. The predicted molar refractivity (Wildman–Crippen MR) is 146 cm³/mol. The number of aryl methyl sites for hydroxylation is 1. The Bertz CT molecular complexity index is 1190. The van der Waals surface area contributed by atoms with Gasteiger partial charge in [-0.2, -0.15) is 0 Å². The van der Waals surface area contributed by atoms with Crippen molar-refractivity contribution >= 4 is 46.6 Å². The molecule has 3 aromatic rings. The van der Waals surface area contributed by atoms with Crippen molar-refractivity contribution in [1.29, 1.82) is 0 Å². The third kappa shape index (κ3) is 7.89. The first kappa shape index (κ1) is 27.9. The van der Waals surface area contributed by atoms with Gasteiger partial charge >= 0.3 is 0 Å². The molecule has 3 aromatic carbocycles. The van der Waals surface area contributed by atoms with Crippen molar-refractivity contribution < 1.29 is 14.3 Å². The molecule has 0 spiro atoms. The van der Waals surface area contributed by atoms with Crippen LogP contribution >= 0.6 is 34.8 Å². The normalized spacial score (nSPS) is 11.6. The van der Waals surface area contributed by atoms with Crippen LogP contribution in [0.25, 0.3) is 0 Å². The molecule has 0 radical (unpaired) electrons.